The molecule has 0 spiro atoms. The van der Waals surface area contributed by atoms with E-state index in [1.54, 1.807) is 0 Å². The third kappa shape index (κ3) is 3.49. The first kappa shape index (κ1) is 12.5. The van der Waals surface area contributed by atoms with Gasteiger partial charge >= 0.3 is 0 Å². The number of nitrogens with zero attached hydrogens (tertiary/aromatic N) is 2. The summed E-state index contributed by atoms with van der Waals surface area (Å²) in [7, 11) is 0. The van der Waals surface area contributed by atoms with Crippen molar-refractivity contribution in [2.45, 2.75) is 38.4 Å². The molecule has 1 N–H and O–H groups in total. The largest absolute Gasteiger partial charge is 0.393 e. The Balaban J connectivity index is 1.90. The van der Waals surface area contributed by atoms with Crippen LogP contribution in [0.2, 0.25) is 0 Å². The Hall–Kier alpha value is -0.980. The van der Waals surface area contributed by atoms with Crippen molar-refractivity contribution in [3.63, 3.8) is 0 Å². The fourth-order valence-corrected chi connectivity index (χ4v) is 1.76. The van der Waals surface area contributed by atoms with E-state index in [0.29, 0.717) is 38.0 Å². The first-order chi connectivity index (χ1) is 8.29. The second-order valence-electron chi connectivity index (χ2n) is 4.13. The van der Waals surface area contributed by atoms with Crippen LogP contribution in [0.15, 0.2) is 4.52 Å². The number of hydrogen-bond donors (Lipinski definition) is 1. The summed E-state index contributed by atoms with van der Waals surface area (Å²) in [5.41, 5.74) is 0. The zero-order chi connectivity index (χ0) is 12.1. The minimum atomic E-state index is -0.420. The molecule has 1 aromatic heterocycles. The normalized spacial score (nSPS) is 22.6. The molecule has 2 heterocycles. The smallest absolute Gasteiger partial charge is 0.229 e. The highest BCUT2D eigenvalue weighted by molar-refractivity contribution is 4.93. The van der Waals surface area contributed by atoms with Gasteiger partial charge in [-0.1, -0.05) is 18.5 Å². The summed E-state index contributed by atoms with van der Waals surface area (Å²) in [6.07, 6.45) is 1.40. The van der Waals surface area contributed by atoms with E-state index in [2.05, 4.69) is 10.1 Å². The van der Waals surface area contributed by atoms with Gasteiger partial charge in [0.2, 0.25) is 11.7 Å². The van der Waals surface area contributed by atoms with Gasteiger partial charge in [-0.25, -0.2) is 0 Å². The van der Waals surface area contributed by atoms with Crippen molar-refractivity contribution in [1.29, 1.82) is 0 Å². The van der Waals surface area contributed by atoms with Crippen LogP contribution in [-0.2, 0) is 15.9 Å². The maximum absolute atomic E-state index is 9.64. The molecule has 1 aliphatic rings. The Morgan fingerprint density at radius 1 is 1.47 bits per heavy atom. The lowest BCUT2D eigenvalue weighted by atomic mass is 10.1. The van der Waals surface area contributed by atoms with Crippen molar-refractivity contribution in [2.75, 3.05) is 19.8 Å². The summed E-state index contributed by atoms with van der Waals surface area (Å²) in [5.74, 6) is 0.957. The van der Waals surface area contributed by atoms with E-state index in [1.807, 2.05) is 6.92 Å². The standard InChI is InChI=1S/C11H18N2O4/c1-2-3-8(14)6-10-12-11(13-17-10)9-7-15-4-5-16-9/h8-9,14H,2-7H2,1H3. The van der Waals surface area contributed by atoms with Gasteiger partial charge in [0.05, 0.1) is 32.3 Å². The number of aromatic nitrogens is 2. The second kappa shape index (κ2) is 6.09. The molecule has 0 aliphatic carbocycles. The lowest BCUT2D eigenvalue weighted by Crippen LogP contribution is -2.22. The van der Waals surface area contributed by atoms with Crippen molar-refractivity contribution >= 4 is 0 Å². The molecule has 6 heteroatoms. The molecule has 0 radical (unpaired) electrons. The third-order valence-electron chi connectivity index (χ3n) is 2.62. The second-order valence-corrected chi connectivity index (χ2v) is 4.13. The summed E-state index contributed by atoms with van der Waals surface area (Å²) in [5, 5.41) is 13.5. The van der Waals surface area contributed by atoms with Crippen LogP contribution < -0.4 is 0 Å². The van der Waals surface area contributed by atoms with Crippen molar-refractivity contribution < 1.29 is 19.1 Å². The van der Waals surface area contributed by atoms with Gasteiger partial charge in [0.15, 0.2) is 0 Å². The molecular weight excluding hydrogens is 224 g/mol. The highest BCUT2D eigenvalue weighted by Gasteiger charge is 2.22. The predicted molar refractivity (Wildman–Crippen MR) is 58.4 cm³/mol. The van der Waals surface area contributed by atoms with E-state index in [9.17, 15) is 5.11 Å². The van der Waals surface area contributed by atoms with Crippen LogP contribution in [0.1, 0.15) is 37.6 Å². The van der Waals surface area contributed by atoms with Gasteiger partial charge in [-0.15, -0.1) is 0 Å². The van der Waals surface area contributed by atoms with Gasteiger partial charge in [-0.2, -0.15) is 4.98 Å². The van der Waals surface area contributed by atoms with E-state index in [1.165, 1.54) is 0 Å². The van der Waals surface area contributed by atoms with E-state index >= 15 is 0 Å². The van der Waals surface area contributed by atoms with Gasteiger partial charge in [0.25, 0.3) is 0 Å². The van der Waals surface area contributed by atoms with Crippen LogP contribution in [0.4, 0.5) is 0 Å². The Bertz CT molecular complexity index is 336. The molecule has 1 aliphatic heterocycles. The fraction of sp³-hybridized carbons (Fsp3) is 0.818. The van der Waals surface area contributed by atoms with Crippen molar-refractivity contribution in [1.82, 2.24) is 10.1 Å². The Morgan fingerprint density at radius 3 is 3.06 bits per heavy atom. The molecule has 2 rings (SSSR count). The van der Waals surface area contributed by atoms with Crippen LogP contribution in [-0.4, -0.2) is 41.2 Å². The first-order valence-electron chi connectivity index (χ1n) is 5.99. The lowest BCUT2D eigenvalue weighted by molar-refractivity contribution is -0.0941. The molecule has 0 amide bonds. The number of ether oxygens (including phenoxy) is 2. The highest BCUT2D eigenvalue weighted by atomic mass is 16.6. The fourth-order valence-electron chi connectivity index (χ4n) is 1.76. The maximum Gasteiger partial charge on any atom is 0.229 e. The molecule has 96 valence electrons. The minimum Gasteiger partial charge on any atom is -0.393 e. The van der Waals surface area contributed by atoms with Gasteiger partial charge in [-0.3, -0.25) is 0 Å². The quantitative estimate of drug-likeness (QED) is 0.825. The number of aliphatic hydroxyl groups excluding tert-OH is 1. The molecule has 0 saturated carbocycles. The molecule has 2 unspecified atom stereocenters. The minimum absolute atomic E-state index is 0.246. The summed E-state index contributed by atoms with van der Waals surface area (Å²) in [6, 6.07) is 0. The monoisotopic (exact) mass is 242 g/mol. The van der Waals surface area contributed by atoms with Gasteiger partial charge in [0.1, 0.15) is 6.10 Å². The van der Waals surface area contributed by atoms with Crippen LogP contribution >= 0.6 is 0 Å². The number of rotatable bonds is 5. The zero-order valence-corrected chi connectivity index (χ0v) is 9.96. The molecule has 0 aromatic carbocycles. The van der Waals surface area contributed by atoms with E-state index in [4.69, 9.17) is 14.0 Å². The van der Waals surface area contributed by atoms with Crippen LogP contribution in [0.5, 0.6) is 0 Å². The molecule has 6 nitrogen and oxygen atoms in total. The van der Waals surface area contributed by atoms with E-state index in [0.717, 1.165) is 12.8 Å². The van der Waals surface area contributed by atoms with Gasteiger partial charge in [-0.05, 0) is 6.42 Å². The maximum atomic E-state index is 9.64. The Kier molecular flexibility index (Phi) is 4.47. The molecular formula is C11H18N2O4. The predicted octanol–water partition coefficient (Wildman–Crippen LogP) is 0.861. The molecule has 1 saturated heterocycles. The average molecular weight is 242 g/mol. The first-order valence-corrected chi connectivity index (χ1v) is 5.99. The summed E-state index contributed by atoms with van der Waals surface area (Å²) in [6.45, 7) is 3.63. The molecule has 17 heavy (non-hydrogen) atoms. The van der Waals surface area contributed by atoms with Crippen LogP contribution in [0.3, 0.4) is 0 Å². The van der Waals surface area contributed by atoms with Crippen LogP contribution in [0.25, 0.3) is 0 Å². The Labute approximate surface area is 99.9 Å². The summed E-state index contributed by atoms with van der Waals surface area (Å²) in [4.78, 5) is 4.21. The van der Waals surface area contributed by atoms with Crippen LogP contribution in [0, 0.1) is 0 Å². The lowest BCUT2D eigenvalue weighted by Gasteiger charge is -2.19. The summed E-state index contributed by atoms with van der Waals surface area (Å²) >= 11 is 0. The third-order valence-corrected chi connectivity index (χ3v) is 2.62. The summed E-state index contributed by atoms with van der Waals surface area (Å²) < 4.78 is 15.8. The molecule has 2 atom stereocenters. The van der Waals surface area contributed by atoms with E-state index < -0.39 is 6.10 Å². The molecule has 1 fully saturated rings. The van der Waals surface area contributed by atoms with Gasteiger partial charge in [0, 0.05) is 0 Å². The topological polar surface area (TPSA) is 77.6 Å². The highest BCUT2D eigenvalue weighted by Crippen LogP contribution is 2.18. The molecule has 1 aromatic rings. The van der Waals surface area contributed by atoms with Crippen molar-refractivity contribution in [3.05, 3.63) is 11.7 Å². The van der Waals surface area contributed by atoms with Crippen molar-refractivity contribution in [3.8, 4) is 0 Å². The zero-order valence-electron chi connectivity index (χ0n) is 9.96. The SMILES string of the molecule is CCCC(O)Cc1nc(C2COCCO2)no1. The Morgan fingerprint density at radius 2 is 2.35 bits per heavy atom. The number of aliphatic hydroxyl groups is 1. The van der Waals surface area contributed by atoms with E-state index in [-0.39, 0.29) is 6.10 Å². The number of hydrogen-bond acceptors (Lipinski definition) is 6. The average Bonchev–Trinajstić information content (AvgIpc) is 2.79. The van der Waals surface area contributed by atoms with Gasteiger partial charge < -0.3 is 19.1 Å². The molecule has 0 bridgehead atoms. The van der Waals surface area contributed by atoms with Crippen molar-refractivity contribution in [2.24, 2.45) is 0 Å².